The second-order valence-corrected chi connectivity index (χ2v) is 5.15. The van der Waals surface area contributed by atoms with Crippen LogP contribution in [0.4, 0.5) is 0 Å². The van der Waals surface area contributed by atoms with Crippen molar-refractivity contribution in [1.82, 2.24) is 10.6 Å². The van der Waals surface area contributed by atoms with Gasteiger partial charge >= 0.3 is 0 Å². The molecule has 2 atom stereocenters. The van der Waals surface area contributed by atoms with Crippen molar-refractivity contribution >= 4 is 17.5 Å². The number of methoxy groups -OCH3 is 2. The van der Waals surface area contributed by atoms with Gasteiger partial charge in [-0.05, 0) is 24.1 Å². The molecule has 0 saturated carbocycles. The molecule has 0 aromatic heterocycles. The molecule has 1 fully saturated rings. The Bertz CT molecular complexity index is 481. The van der Waals surface area contributed by atoms with Crippen LogP contribution in [-0.2, 0) is 16.1 Å². The van der Waals surface area contributed by atoms with E-state index in [1.807, 2.05) is 6.07 Å². The number of amides is 1. The molecule has 5 nitrogen and oxygen atoms in total. The second-order valence-electron chi connectivity index (χ2n) is 4.74. The molecule has 0 aliphatic carbocycles. The van der Waals surface area contributed by atoms with Crippen molar-refractivity contribution in [3.63, 3.8) is 0 Å². The van der Waals surface area contributed by atoms with Crippen LogP contribution in [0.3, 0.4) is 0 Å². The van der Waals surface area contributed by atoms with Crippen molar-refractivity contribution in [3.05, 3.63) is 28.8 Å². The predicted octanol–water partition coefficient (Wildman–Crippen LogP) is 1.34. The number of benzene rings is 1. The molecular formula is C14H19ClN2O3. The average Bonchev–Trinajstić information content (AvgIpc) is 2.94. The summed E-state index contributed by atoms with van der Waals surface area (Å²) in [6.45, 7) is 1.15. The first-order chi connectivity index (χ1) is 9.63. The molecule has 110 valence electrons. The van der Waals surface area contributed by atoms with Crippen LogP contribution < -0.4 is 15.4 Å². The highest BCUT2D eigenvalue weighted by molar-refractivity contribution is 6.32. The third-order valence-corrected chi connectivity index (χ3v) is 3.72. The predicted molar refractivity (Wildman–Crippen MR) is 77.1 cm³/mol. The normalized spacial score (nSPS) is 21.8. The molecule has 1 aliphatic heterocycles. The molecule has 2 rings (SSSR count). The smallest absolute Gasteiger partial charge is 0.237 e. The number of rotatable bonds is 5. The Labute approximate surface area is 123 Å². The van der Waals surface area contributed by atoms with Gasteiger partial charge in [0.25, 0.3) is 0 Å². The zero-order valence-corrected chi connectivity index (χ0v) is 12.4. The van der Waals surface area contributed by atoms with Crippen LogP contribution in [0.2, 0.25) is 5.02 Å². The number of ether oxygens (including phenoxy) is 2. The van der Waals surface area contributed by atoms with E-state index in [2.05, 4.69) is 10.6 Å². The highest BCUT2D eigenvalue weighted by Crippen LogP contribution is 2.24. The van der Waals surface area contributed by atoms with Gasteiger partial charge in [0.1, 0.15) is 5.75 Å². The molecular weight excluding hydrogens is 280 g/mol. The standard InChI is InChI=1S/C14H19ClN2O3/c1-19-10-6-12(16-8-10)14(18)17-7-9-3-4-13(20-2)11(15)5-9/h3-5,10,12,16H,6-8H2,1-2H3,(H,17,18)/t10-,12+/m0/s1. The van der Waals surface area contributed by atoms with Crippen LogP contribution in [0, 0.1) is 0 Å². The van der Waals surface area contributed by atoms with Crippen molar-refractivity contribution in [1.29, 1.82) is 0 Å². The van der Waals surface area contributed by atoms with E-state index < -0.39 is 0 Å². The largest absolute Gasteiger partial charge is 0.495 e. The van der Waals surface area contributed by atoms with Crippen LogP contribution in [0.15, 0.2) is 18.2 Å². The number of halogens is 1. The SMILES string of the molecule is COc1ccc(CNC(=O)[C@H]2C[C@H](OC)CN2)cc1Cl. The Hall–Kier alpha value is -1.30. The molecule has 0 spiro atoms. The minimum atomic E-state index is -0.186. The molecule has 1 aromatic carbocycles. The van der Waals surface area contributed by atoms with E-state index in [-0.39, 0.29) is 18.1 Å². The lowest BCUT2D eigenvalue weighted by molar-refractivity contribution is -0.123. The van der Waals surface area contributed by atoms with E-state index in [0.29, 0.717) is 30.3 Å². The molecule has 6 heteroatoms. The number of nitrogens with one attached hydrogen (secondary N) is 2. The summed E-state index contributed by atoms with van der Waals surface area (Å²) < 4.78 is 10.3. The Morgan fingerprint density at radius 1 is 1.50 bits per heavy atom. The molecule has 1 heterocycles. The summed E-state index contributed by atoms with van der Waals surface area (Å²) in [7, 11) is 3.23. The molecule has 0 radical (unpaired) electrons. The summed E-state index contributed by atoms with van der Waals surface area (Å²) in [5.74, 6) is 0.610. The molecule has 1 aliphatic rings. The third-order valence-electron chi connectivity index (χ3n) is 3.42. The minimum absolute atomic E-state index is 0.0171. The first-order valence-corrected chi connectivity index (χ1v) is 6.88. The van der Waals surface area contributed by atoms with Gasteiger partial charge in [-0.2, -0.15) is 0 Å². The van der Waals surface area contributed by atoms with Crippen LogP contribution in [0.1, 0.15) is 12.0 Å². The monoisotopic (exact) mass is 298 g/mol. The summed E-state index contributed by atoms with van der Waals surface area (Å²) in [5.41, 5.74) is 0.936. The summed E-state index contributed by atoms with van der Waals surface area (Å²) in [4.78, 5) is 12.0. The minimum Gasteiger partial charge on any atom is -0.495 e. The molecule has 1 amide bonds. The van der Waals surface area contributed by atoms with Gasteiger partial charge < -0.3 is 20.1 Å². The van der Waals surface area contributed by atoms with Gasteiger partial charge in [0.2, 0.25) is 5.91 Å². The Kier molecular flexibility index (Phi) is 5.23. The lowest BCUT2D eigenvalue weighted by Gasteiger charge is -2.12. The highest BCUT2D eigenvalue weighted by Gasteiger charge is 2.28. The van der Waals surface area contributed by atoms with Crippen molar-refractivity contribution in [2.24, 2.45) is 0 Å². The van der Waals surface area contributed by atoms with E-state index in [1.54, 1.807) is 26.4 Å². The van der Waals surface area contributed by atoms with Gasteiger partial charge in [-0.1, -0.05) is 17.7 Å². The molecule has 20 heavy (non-hydrogen) atoms. The van der Waals surface area contributed by atoms with E-state index in [4.69, 9.17) is 21.1 Å². The first kappa shape index (κ1) is 15.1. The van der Waals surface area contributed by atoms with Gasteiger partial charge in [-0.25, -0.2) is 0 Å². The Balaban J connectivity index is 1.86. The van der Waals surface area contributed by atoms with E-state index in [9.17, 15) is 4.79 Å². The maximum atomic E-state index is 12.0. The van der Waals surface area contributed by atoms with Crippen LogP contribution >= 0.6 is 11.6 Å². The number of hydrogen-bond donors (Lipinski definition) is 2. The van der Waals surface area contributed by atoms with Crippen molar-refractivity contribution in [2.45, 2.75) is 25.1 Å². The quantitative estimate of drug-likeness (QED) is 0.861. The lowest BCUT2D eigenvalue weighted by atomic mass is 10.1. The van der Waals surface area contributed by atoms with Gasteiger partial charge in [-0.3, -0.25) is 4.79 Å². The van der Waals surface area contributed by atoms with Gasteiger partial charge in [0, 0.05) is 20.2 Å². The molecule has 1 saturated heterocycles. The fourth-order valence-electron chi connectivity index (χ4n) is 2.21. The lowest BCUT2D eigenvalue weighted by Crippen LogP contribution is -2.40. The zero-order valence-electron chi connectivity index (χ0n) is 11.6. The molecule has 0 unspecified atom stereocenters. The van der Waals surface area contributed by atoms with Crippen LogP contribution in [0.25, 0.3) is 0 Å². The fourth-order valence-corrected chi connectivity index (χ4v) is 2.50. The summed E-state index contributed by atoms with van der Waals surface area (Å²) >= 11 is 6.04. The highest BCUT2D eigenvalue weighted by atomic mass is 35.5. The summed E-state index contributed by atoms with van der Waals surface area (Å²) in [6, 6.07) is 5.28. The Morgan fingerprint density at radius 2 is 2.30 bits per heavy atom. The second kappa shape index (κ2) is 6.92. The fraction of sp³-hybridized carbons (Fsp3) is 0.500. The van der Waals surface area contributed by atoms with E-state index in [0.717, 1.165) is 5.56 Å². The summed E-state index contributed by atoms with van der Waals surface area (Å²) in [5, 5.41) is 6.57. The average molecular weight is 299 g/mol. The molecule has 1 aromatic rings. The summed E-state index contributed by atoms with van der Waals surface area (Å²) in [6.07, 6.45) is 0.812. The van der Waals surface area contributed by atoms with Gasteiger partial charge in [-0.15, -0.1) is 0 Å². The maximum Gasteiger partial charge on any atom is 0.237 e. The van der Waals surface area contributed by atoms with E-state index >= 15 is 0 Å². The number of hydrogen-bond acceptors (Lipinski definition) is 4. The molecule has 0 bridgehead atoms. The first-order valence-electron chi connectivity index (χ1n) is 6.50. The zero-order chi connectivity index (χ0) is 14.5. The van der Waals surface area contributed by atoms with E-state index in [1.165, 1.54) is 0 Å². The van der Waals surface area contributed by atoms with Crippen molar-refractivity contribution in [3.8, 4) is 5.75 Å². The van der Waals surface area contributed by atoms with Crippen molar-refractivity contribution < 1.29 is 14.3 Å². The number of carbonyl (C=O) groups excluding carboxylic acids is 1. The van der Waals surface area contributed by atoms with Crippen molar-refractivity contribution in [2.75, 3.05) is 20.8 Å². The van der Waals surface area contributed by atoms with Crippen LogP contribution in [-0.4, -0.2) is 38.8 Å². The van der Waals surface area contributed by atoms with Gasteiger partial charge in [0.15, 0.2) is 0 Å². The van der Waals surface area contributed by atoms with Gasteiger partial charge in [0.05, 0.1) is 24.3 Å². The topological polar surface area (TPSA) is 59.6 Å². The Morgan fingerprint density at radius 3 is 2.90 bits per heavy atom. The maximum absolute atomic E-state index is 12.0. The van der Waals surface area contributed by atoms with Crippen LogP contribution in [0.5, 0.6) is 5.75 Å². The number of carbonyl (C=O) groups is 1. The third kappa shape index (κ3) is 3.62. The molecule has 2 N–H and O–H groups in total.